The molecule has 7 aromatic heterocycles. The molecule has 16 aromatic carbocycles. The van der Waals surface area contributed by atoms with Crippen LogP contribution in [-0.4, -0.2) is 44.9 Å². The third-order valence-electron chi connectivity index (χ3n) is 30.7. The molecule has 0 fully saturated rings. The van der Waals surface area contributed by atoms with Crippen LogP contribution in [0.15, 0.2) is 362 Å². The van der Waals surface area contributed by atoms with Gasteiger partial charge < -0.3 is 4.42 Å². The Balaban J connectivity index is 0.000000112. The Morgan fingerprint density at radius 2 is 0.471 bits per heavy atom. The predicted octanol–water partition coefficient (Wildman–Crippen LogP) is 33.3. The van der Waals surface area contributed by atoms with Crippen LogP contribution in [0.1, 0.15) is 116 Å². The number of thiophene rings is 3. The van der Waals surface area contributed by atoms with Crippen molar-refractivity contribution >= 4 is 116 Å². The van der Waals surface area contributed by atoms with Gasteiger partial charge in [-0.3, -0.25) is 0 Å². The molecule has 0 radical (unpaired) electrons. The van der Waals surface area contributed by atoms with E-state index in [4.69, 9.17) is 49.3 Å². The fraction of sp³-hybridized carbons (Fsp3) is 0.146. The number of para-hydroxylation sites is 1. The highest BCUT2D eigenvalue weighted by Crippen LogP contribution is 2.61. The molecule has 23 aromatic rings. The number of fused-ring (bicyclic) bond motifs is 22. The molecule has 0 atom stereocenters. The van der Waals surface area contributed by atoms with Crippen LogP contribution in [0.3, 0.4) is 0 Å². The predicted molar refractivity (Wildman–Crippen MR) is 569 cm³/mol. The van der Waals surface area contributed by atoms with Gasteiger partial charge in [0.05, 0.1) is 0 Å². The number of benzene rings is 16. The molecule has 0 saturated carbocycles. The van der Waals surface area contributed by atoms with E-state index in [1.807, 2.05) is 155 Å². The second kappa shape index (κ2) is 31.9. The summed E-state index contributed by atoms with van der Waals surface area (Å²) < 4.78 is 14.3. The number of hydrogen-bond donors (Lipinski definition) is 0. The first-order valence-electron chi connectivity index (χ1n) is 46.7. The van der Waals surface area contributed by atoms with E-state index in [1.165, 1.54) is 127 Å². The van der Waals surface area contributed by atoms with E-state index in [2.05, 4.69) is 320 Å². The molecule has 7 heterocycles. The molecule has 0 spiro atoms. The summed E-state index contributed by atoms with van der Waals surface area (Å²) in [5.41, 5.74) is 25.7. The molecule has 3 aliphatic carbocycles. The summed E-state index contributed by atoms with van der Waals surface area (Å²) in [5.74, 6) is 6.02. The van der Waals surface area contributed by atoms with Gasteiger partial charge in [0.15, 0.2) is 52.4 Å². The standard InChI is InChI=1S/C45H33N3OS.2C39H31N3S/c1-44(2)34-23-27(21-22-28(34)32-24-33-29-15-9-11-20-38(29)50-39(33)25-35(32)45(44,3)4)42-46-41(26-13-6-5-7-14-26)47-43(48-42)31-17-12-19-37-40(31)30-16-8-10-18-36(30)49-37;1-38(2)31-21-26(37-41-35(24-13-7-5-8-14-24)40-36(42-37)25-15-9-6-10-16-25)19-20-27(31)29-22-30-28-17-11-12-18-33(28)43-34(30)23-32(29)39(38,3)4;1-38(2)30-23-26(37-41-35(24-13-7-5-8-14-24)40-36(42-37)25-15-9-6-10-16-25)19-20-27(30)28-21-22-32-33(34(28)39(38,3)4)29-17-11-12-18-31(29)43-32/h5-25H,1-4H3;2*5-23H,1-4H3. The van der Waals surface area contributed by atoms with Gasteiger partial charge in [-0.05, 0) is 173 Å². The van der Waals surface area contributed by atoms with Crippen LogP contribution in [0, 0.1) is 0 Å². The summed E-state index contributed by atoms with van der Waals surface area (Å²) in [7, 11) is 0. The molecule has 0 bridgehead atoms. The van der Waals surface area contributed by atoms with Crippen molar-refractivity contribution in [3.63, 3.8) is 0 Å². The monoisotopic (exact) mass is 1810 g/mol. The molecule has 3 aliphatic rings. The van der Waals surface area contributed by atoms with Crippen LogP contribution in [-0.2, 0) is 32.5 Å². The van der Waals surface area contributed by atoms with Crippen molar-refractivity contribution in [3.8, 4) is 136 Å². The van der Waals surface area contributed by atoms with Crippen LogP contribution in [0.5, 0.6) is 0 Å². The van der Waals surface area contributed by atoms with E-state index in [0.29, 0.717) is 52.4 Å². The maximum Gasteiger partial charge on any atom is 0.164 e. The first kappa shape index (κ1) is 84.0. The lowest BCUT2D eigenvalue weighted by Gasteiger charge is -2.48. The van der Waals surface area contributed by atoms with Crippen molar-refractivity contribution in [3.05, 3.63) is 391 Å². The fourth-order valence-electron chi connectivity index (χ4n) is 21.2. The van der Waals surface area contributed by atoms with Gasteiger partial charge in [-0.25, -0.2) is 44.9 Å². The van der Waals surface area contributed by atoms with Crippen molar-refractivity contribution in [1.29, 1.82) is 0 Å². The molecule has 0 saturated heterocycles. The SMILES string of the molecule is CC1(C)c2cc(-c3nc(-c4ccccc4)nc(-c4cccc5oc6ccccc6c45)n3)ccc2-c2cc3c(cc2C1(C)C)sc1ccccc13.CC1(C)c2cc(-c3nc(-c4ccccc4)nc(-c4ccccc4)n3)ccc2-c2cc3c(cc2C1(C)C)sc1ccccc13.CC1(C)c2cc(-c3nc(-c4ccccc4)nc(-c4ccccc4)n3)ccc2-c2ccc3sc4ccccc4c3c2C1(C)C. The Labute approximate surface area is 802 Å². The molecular weight excluding hydrogens is 1720 g/mol. The van der Waals surface area contributed by atoms with Gasteiger partial charge in [-0.15, -0.1) is 34.0 Å². The zero-order valence-corrected chi connectivity index (χ0v) is 80.2. The maximum absolute atomic E-state index is 6.25. The Hall–Kier alpha value is -15.0. The minimum absolute atomic E-state index is 0.0954. The van der Waals surface area contributed by atoms with E-state index in [9.17, 15) is 0 Å². The zero-order chi connectivity index (χ0) is 92.5. The Kier molecular flexibility index (Phi) is 19.7. The van der Waals surface area contributed by atoms with Crippen LogP contribution >= 0.6 is 34.0 Å². The summed E-state index contributed by atoms with van der Waals surface area (Å²) in [4.78, 5) is 45.3. The smallest absolute Gasteiger partial charge is 0.164 e. The molecule has 0 aliphatic heterocycles. The van der Waals surface area contributed by atoms with E-state index in [1.54, 1.807) is 0 Å². The van der Waals surface area contributed by atoms with Crippen molar-refractivity contribution in [1.82, 2.24) is 44.9 Å². The number of furan rings is 1. The maximum atomic E-state index is 6.25. The van der Waals surface area contributed by atoms with Crippen molar-refractivity contribution in [2.24, 2.45) is 0 Å². The largest absolute Gasteiger partial charge is 0.456 e. The number of rotatable bonds is 9. The fourth-order valence-corrected chi connectivity index (χ4v) is 24.6. The number of nitrogens with zero attached hydrogens (tertiary/aromatic N) is 9. The molecule has 13 heteroatoms. The molecule has 0 N–H and O–H groups in total. The van der Waals surface area contributed by atoms with Gasteiger partial charge in [0, 0.05) is 127 Å². The first-order valence-corrected chi connectivity index (χ1v) is 49.1. The lowest BCUT2D eigenvalue weighted by molar-refractivity contribution is 0.299. The Morgan fingerprint density at radius 1 is 0.176 bits per heavy atom. The van der Waals surface area contributed by atoms with Crippen molar-refractivity contribution in [2.75, 3.05) is 0 Å². The lowest BCUT2D eigenvalue weighted by atomic mass is 9.54. The second-order valence-corrected chi connectivity index (χ2v) is 42.8. The highest BCUT2D eigenvalue weighted by atomic mass is 32.1. The van der Waals surface area contributed by atoms with Gasteiger partial charge >= 0.3 is 0 Å². The normalized spacial score (nSPS) is 14.8. The average molecular weight is 1810 g/mol. The third kappa shape index (κ3) is 13.5. The summed E-state index contributed by atoms with van der Waals surface area (Å²) in [6.07, 6.45) is 0. The third-order valence-corrected chi connectivity index (χ3v) is 34.1. The molecule has 0 amide bonds. The molecule has 136 heavy (non-hydrogen) atoms. The van der Waals surface area contributed by atoms with Gasteiger partial charge in [0.25, 0.3) is 0 Å². The van der Waals surface area contributed by atoms with Crippen molar-refractivity contribution < 1.29 is 4.42 Å². The van der Waals surface area contributed by atoms with E-state index < -0.39 is 0 Å². The first-order chi connectivity index (χ1) is 65.9. The van der Waals surface area contributed by atoms with Crippen LogP contribution in [0.2, 0.25) is 0 Å². The summed E-state index contributed by atoms with van der Waals surface area (Å²) in [5, 5.41) is 10.1. The minimum atomic E-state index is -0.172. The van der Waals surface area contributed by atoms with E-state index >= 15 is 0 Å². The molecule has 0 unspecified atom stereocenters. The van der Waals surface area contributed by atoms with Gasteiger partial charge in [0.2, 0.25) is 0 Å². The average Bonchev–Trinajstić information content (AvgIpc) is 1.32. The molecule has 26 rings (SSSR count). The summed E-state index contributed by atoms with van der Waals surface area (Å²) in [6.45, 7) is 28.7. The van der Waals surface area contributed by atoms with Crippen LogP contribution in [0.25, 0.3) is 218 Å². The molecule has 656 valence electrons. The lowest BCUT2D eigenvalue weighted by Crippen LogP contribution is -2.43. The van der Waals surface area contributed by atoms with Gasteiger partial charge in [0.1, 0.15) is 11.2 Å². The van der Waals surface area contributed by atoms with Crippen molar-refractivity contribution in [2.45, 2.75) is 116 Å². The Bertz CT molecular complexity index is 8510. The van der Waals surface area contributed by atoms with E-state index in [0.717, 1.165) is 72.0 Å². The highest BCUT2D eigenvalue weighted by Gasteiger charge is 2.50. The minimum Gasteiger partial charge on any atom is -0.456 e. The van der Waals surface area contributed by atoms with Gasteiger partial charge in [-0.2, -0.15) is 0 Å². The quantitative estimate of drug-likeness (QED) is 0.138. The molecule has 10 nitrogen and oxygen atoms in total. The summed E-state index contributed by atoms with van der Waals surface area (Å²) >= 11 is 5.67. The number of hydrogen-bond acceptors (Lipinski definition) is 13. The summed E-state index contributed by atoms with van der Waals surface area (Å²) in [6, 6.07) is 126. The molecular formula is C123H95N9OS3. The zero-order valence-electron chi connectivity index (χ0n) is 77.7. The highest BCUT2D eigenvalue weighted by molar-refractivity contribution is 7.26. The van der Waals surface area contributed by atoms with Crippen LogP contribution in [0.4, 0.5) is 0 Å². The topological polar surface area (TPSA) is 129 Å². The second-order valence-electron chi connectivity index (χ2n) is 39.5. The van der Waals surface area contributed by atoms with E-state index in [-0.39, 0.29) is 32.5 Å². The number of aromatic nitrogens is 9. The Morgan fingerprint density at radius 3 is 0.868 bits per heavy atom. The van der Waals surface area contributed by atoms with Crippen LogP contribution < -0.4 is 0 Å². The van der Waals surface area contributed by atoms with Gasteiger partial charge in [-0.1, -0.05) is 362 Å².